The average Bonchev–Trinajstić information content (AvgIpc) is 2.89. The van der Waals surface area contributed by atoms with Crippen molar-refractivity contribution in [3.05, 3.63) is 60.7 Å². The lowest BCUT2D eigenvalue weighted by molar-refractivity contribution is -0.111. The number of hydrogen-bond donors (Lipinski definition) is 0. The van der Waals surface area contributed by atoms with Crippen molar-refractivity contribution in [2.75, 3.05) is 38.6 Å². The molecule has 0 N–H and O–H groups in total. The standard InChI is InChI=1S/C29H44O4S2Si/c1-6-31-23-32-25(20-24(30-5)21-28-34-18-13-19-35-28)22-33-36(29(2,3)4,26-14-9-7-10-15-26)27-16-11-8-12-17-27/h7-12,14-17,24-25,28H,6,13,18-23H2,1-5H3/t24-,25+/m1/s1/i28D. The third-order valence-corrected chi connectivity index (χ3v) is 14.2. The first kappa shape index (κ1) is 28.2. The van der Waals surface area contributed by atoms with E-state index in [1.807, 2.05) is 6.92 Å². The van der Waals surface area contributed by atoms with E-state index in [1.165, 1.54) is 16.8 Å². The Hall–Kier alpha value is -0.803. The van der Waals surface area contributed by atoms with Crippen LogP contribution in [0.25, 0.3) is 0 Å². The first-order valence-corrected chi connectivity index (χ1v) is 16.9. The number of ether oxygens (including phenoxy) is 3. The van der Waals surface area contributed by atoms with Crippen LogP contribution in [0.1, 0.15) is 48.3 Å². The van der Waals surface area contributed by atoms with Gasteiger partial charge in [0.2, 0.25) is 0 Å². The Balaban J connectivity index is 1.87. The highest BCUT2D eigenvalue weighted by Crippen LogP contribution is 2.38. The molecule has 36 heavy (non-hydrogen) atoms. The summed E-state index contributed by atoms with van der Waals surface area (Å²) in [6, 6.07) is 21.4. The molecule has 2 aromatic rings. The van der Waals surface area contributed by atoms with Crippen LogP contribution in [0.4, 0.5) is 0 Å². The molecule has 0 bridgehead atoms. The molecule has 7 heteroatoms. The molecule has 4 nitrogen and oxygen atoms in total. The molecule has 1 aliphatic heterocycles. The lowest BCUT2D eigenvalue weighted by atomic mass is 10.1. The summed E-state index contributed by atoms with van der Waals surface area (Å²) in [7, 11) is -0.940. The summed E-state index contributed by atoms with van der Waals surface area (Å²) < 4.78 is 33.2. The van der Waals surface area contributed by atoms with Gasteiger partial charge >= 0.3 is 0 Å². The van der Waals surface area contributed by atoms with E-state index in [-0.39, 0.29) is 24.0 Å². The van der Waals surface area contributed by atoms with Gasteiger partial charge in [-0.15, -0.1) is 23.5 Å². The Morgan fingerprint density at radius 1 is 0.972 bits per heavy atom. The van der Waals surface area contributed by atoms with Gasteiger partial charge in [-0.1, -0.05) is 81.4 Å². The zero-order valence-corrected chi connectivity index (χ0v) is 25.2. The maximum Gasteiger partial charge on any atom is 0.261 e. The molecule has 1 aliphatic rings. The van der Waals surface area contributed by atoms with Gasteiger partial charge in [-0.3, -0.25) is 0 Å². The Morgan fingerprint density at radius 2 is 1.56 bits per heavy atom. The second-order valence-corrected chi connectivity index (χ2v) is 17.0. The quantitative estimate of drug-likeness (QED) is 0.165. The van der Waals surface area contributed by atoms with Crippen LogP contribution in [0.3, 0.4) is 0 Å². The van der Waals surface area contributed by atoms with Crippen LogP contribution >= 0.6 is 23.5 Å². The van der Waals surface area contributed by atoms with Crippen LogP contribution in [0.5, 0.6) is 0 Å². The van der Waals surface area contributed by atoms with Gasteiger partial charge in [0.05, 0.1) is 24.7 Å². The highest BCUT2D eigenvalue weighted by atomic mass is 32.2. The second-order valence-electron chi connectivity index (χ2n) is 10.1. The summed E-state index contributed by atoms with van der Waals surface area (Å²) in [6.07, 6.45) is 2.18. The molecular weight excluding hydrogens is 505 g/mol. The van der Waals surface area contributed by atoms with E-state index in [0.29, 0.717) is 26.1 Å². The highest BCUT2D eigenvalue weighted by molar-refractivity contribution is 8.17. The van der Waals surface area contributed by atoms with E-state index < -0.39 is 12.9 Å². The molecule has 200 valence electrons. The van der Waals surface area contributed by atoms with E-state index in [4.69, 9.17) is 20.0 Å². The van der Waals surface area contributed by atoms with Gasteiger partial charge in [0.1, 0.15) is 6.79 Å². The third-order valence-electron chi connectivity index (χ3n) is 6.56. The first-order valence-electron chi connectivity index (χ1n) is 13.5. The fourth-order valence-electron chi connectivity index (χ4n) is 4.72. The molecular formula is C29H44O4S2Si. The van der Waals surface area contributed by atoms with Crippen molar-refractivity contribution in [3.8, 4) is 0 Å². The first-order chi connectivity index (χ1) is 17.7. The SMILES string of the molecule is [2H]C1(C[C@@H](C[C@@H](CO[Si](c2ccccc2)(c2ccccc2)C(C)(C)C)OCOCC)OC)SCCCS1. The zero-order valence-electron chi connectivity index (χ0n) is 23.5. The van der Waals surface area contributed by atoms with E-state index in [1.54, 1.807) is 30.6 Å². The maximum absolute atomic E-state index is 8.93. The summed E-state index contributed by atoms with van der Waals surface area (Å²) in [5, 5.41) is 2.39. The summed E-state index contributed by atoms with van der Waals surface area (Å²) in [6.45, 7) is 10.1. The van der Waals surface area contributed by atoms with E-state index in [9.17, 15) is 0 Å². The number of methoxy groups -OCH3 is 1. The van der Waals surface area contributed by atoms with Crippen molar-refractivity contribution in [3.63, 3.8) is 0 Å². The van der Waals surface area contributed by atoms with Crippen LogP contribution in [0.2, 0.25) is 5.04 Å². The van der Waals surface area contributed by atoms with Crippen LogP contribution in [0.15, 0.2) is 60.7 Å². The lowest BCUT2D eigenvalue weighted by Crippen LogP contribution is -2.67. The topological polar surface area (TPSA) is 36.9 Å². The van der Waals surface area contributed by atoms with Crippen LogP contribution in [0, 0.1) is 0 Å². The number of rotatable bonds is 14. The molecule has 0 aromatic heterocycles. The minimum atomic E-state index is -2.68. The predicted molar refractivity (Wildman–Crippen MR) is 158 cm³/mol. The summed E-state index contributed by atoms with van der Waals surface area (Å²) in [4.78, 5) is 0. The highest BCUT2D eigenvalue weighted by Gasteiger charge is 2.50. The lowest BCUT2D eigenvalue weighted by Gasteiger charge is -2.43. The number of thioether (sulfide) groups is 2. The molecule has 0 spiro atoms. The second kappa shape index (κ2) is 15.0. The Kier molecular flexibility index (Phi) is 11.7. The van der Waals surface area contributed by atoms with Crippen molar-refractivity contribution in [1.29, 1.82) is 0 Å². The van der Waals surface area contributed by atoms with Crippen molar-refractivity contribution >= 4 is 42.2 Å². The fourth-order valence-corrected chi connectivity index (χ4v) is 12.0. The number of hydrogen-bond acceptors (Lipinski definition) is 6. The number of benzene rings is 2. The van der Waals surface area contributed by atoms with Gasteiger partial charge in [-0.05, 0) is 46.7 Å². The van der Waals surface area contributed by atoms with Crippen LogP contribution < -0.4 is 10.4 Å². The van der Waals surface area contributed by atoms with Crippen molar-refractivity contribution in [1.82, 2.24) is 0 Å². The normalized spacial score (nSPS) is 18.4. The maximum atomic E-state index is 8.93. The Labute approximate surface area is 229 Å². The van der Waals surface area contributed by atoms with E-state index in [2.05, 4.69) is 81.4 Å². The van der Waals surface area contributed by atoms with Gasteiger partial charge in [0, 0.05) is 20.1 Å². The molecule has 3 rings (SSSR count). The zero-order chi connectivity index (χ0) is 26.8. The van der Waals surface area contributed by atoms with Gasteiger partial charge in [0.15, 0.2) is 0 Å². The van der Waals surface area contributed by atoms with Crippen molar-refractivity contribution in [2.45, 2.75) is 68.8 Å². The van der Waals surface area contributed by atoms with Crippen molar-refractivity contribution in [2.24, 2.45) is 0 Å². The molecule has 0 unspecified atom stereocenters. The van der Waals surface area contributed by atoms with Crippen LogP contribution in [-0.2, 0) is 18.6 Å². The molecule has 0 saturated carbocycles. The molecule has 0 amide bonds. The average molecular weight is 550 g/mol. The fraction of sp³-hybridized carbons (Fsp3) is 0.586. The predicted octanol–water partition coefficient (Wildman–Crippen LogP) is 5.93. The Bertz CT molecular complexity index is 868. The van der Waals surface area contributed by atoms with Gasteiger partial charge in [-0.2, -0.15) is 0 Å². The van der Waals surface area contributed by atoms with Crippen LogP contribution in [-0.4, -0.2) is 63.7 Å². The summed E-state index contributed by atoms with van der Waals surface area (Å²) in [5.41, 5.74) is 0. The van der Waals surface area contributed by atoms with Gasteiger partial charge in [-0.25, -0.2) is 0 Å². The molecule has 1 heterocycles. The molecule has 2 aromatic carbocycles. The molecule has 0 radical (unpaired) electrons. The minimum Gasteiger partial charge on any atom is -0.405 e. The smallest absolute Gasteiger partial charge is 0.261 e. The van der Waals surface area contributed by atoms with E-state index in [0.717, 1.165) is 11.5 Å². The van der Waals surface area contributed by atoms with E-state index >= 15 is 0 Å². The molecule has 1 fully saturated rings. The molecule has 2 atom stereocenters. The summed E-state index contributed by atoms with van der Waals surface area (Å²) in [5.74, 6) is 2.07. The molecule has 1 saturated heterocycles. The monoisotopic (exact) mass is 549 g/mol. The van der Waals surface area contributed by atoms with Gasteiger partial charge in [0.25, 0.3) is 8.32 Å². The summed E-state index contributed by atoms with van der Waals surface area (Å²) >= 11 is 3.47. The Morgan fingerprint density at radius 3 is 2.06 bits per heavy atom. The largest absolute Gasteiger partial charge is 0.405 e. The third kappa shape index (κ3) is 8.10. The van der Waals surface area contributed by atoms with Crippen molar-refractivity contribution < 1.29 is 20.0 Å². The minimum absolute atomic E-state index is 0.0926. The molecule has 0 aliphatic carbocycles. The van der Waals surface area contributed by atoms with Gasteiger partial charge < -0.3 is 18.6 Å².